The van der Waals surface area contributed by atoms with Crippen LogP contribution < -0.4 is 5.32 Å². The van der Waals surface area contributed by atoms with E-state index in [1.54, 1.807) is 11.8 Å². The fourth-order valence-electron chi connectivity index (χ4n) is 2.11. The molecule has 96 valence electrons. The van der Waals surface area contributed by atoms with Crippen LogP contribution in [0.1, 0.15) is 32.6 Å². The molecule has 5 heteroatoms. The highest BCUT2D eigenvalue weighted by Crippen LogP contribution is 2.22. The first-order valence-corrected chi connectivity index (χ1v) is 6.41. The van der Waals surface area contributed by atoms with E-state index in [9.17, 15) is 9.59 Å². The van der Waals surface area contributed by atoms with Crippen LogP contribution in [0.4, 0.5) is 0 Å². The van der Waals surface area contributed by atoms with Crippen LogP contribution in [-0.2, 0) is 14.3 Å². The van der Waals surface area contributed by atoms with Crippen LogP contribution in [0.2, 0.25) is 0 Å². The van der Waals surface area contributed by atoms with Gasteiger partial charge in [-0.2, -0.15) is 0 Å². The second-order valence-corrected chi connectivity index (χ2v) is 4.66. The molecule has 1 aliphatic heterocycles. The van der Waals surface area contributed by atoms with E-state index in [0.29, 0.717) is 25.6 Å². The Morgan fingerprint density at radius 1 is 1.47 bits per heavy atom. The predicted octanol–water partition coefficient (Wildman–Crippen LogP) is 0.293. The highest BCUT2D eigenvalue weighted by Gasteiger charge is 2.35. The third-order valence-corrected chi connectivity index (χ3v) is 3.20. The summed E-state index contributed by atoms with van der Waals surface area (Å²) in [4.78, 5) is 24.9. The van der Waals surface area contributed by atoms with Gasteiger partial charge in [0.25, 0.3) is 0 Å². The molecule has 1 atom stereocenters. The monoisotopic (exact) mass is 240 g/mol. The summed E-state index contributed by atoms with van der Waals surface area (Å²) in [5.74, 6) is -0.0832. The van der Waals surface area contributed by atoms with Crippen molar-refractivity contribution in [1.82, 2.24) is 10.2 Å². The third-order valence-electron chi connectivity index (χ3n) is 3.20. The number of hydrogen-bond donors (Lipinski definition) is 1. The summed E-state index contributed by atoms with van der Waals surface area (Å²) in [7, 11) is 0. The Kier molecular flexibility index (Phi) is 3.99. The van der Waals surface area contributed by atoms with E-state index in [-0.39, 0.29) is 17.9 Å². The molecule has 0 bridgehead atoms. The number of hydrogen-bond acceptors (Lipinski definition) is 4. The smallest absolute Gasteiger partial charge is 0.307 e. The molecule has 1 heterocycles. The summed E-state index contributed by atoms with van der Waals surface area (Å²) in [5, 5.41) is 3.34. The van der Waals surface area contributed by atoms with E-state index in [1.807, 2.05) is 0 Å². The van der Waals surface area contributed by atoms with Crippen LogP contribution >= 0.6 is 0 Å². The van der Waals surface area contributed by atoms with Gasteiger partial charge < -0.3 is 15.0 Å². The molecule has 1 unspecified atom stereocenters. The molecule has 5 nitrogen and oxygen atoms in total. The lowest BCUT2D eigenvalue weighted by Gasteiger charge is -2.16. The zero-order valence-corrected chi connectivity index (χ0v) is 10.3. The fraction of sp³-hybridized carbons (Fsp3) is 0.833. The number of esters is 1. The summed E-state index contributed by atoms with van der Waals surface area (Å²) >= 11 is 0. The molecule has 1 saturated heterocycles. The van der Waals surface area contributed by atoms with Gasteiger partial charge in [0.2, 0.25) is 5.91 Å². The number of likely N-dealkylation sites (tertiary alicyclic amines) is 1. The van der Waals surface area contributed by atoms with E-state index >= 15 is 0 Å². The zero-order valence-electron chi connectivity index (χ0n) is 10.3. The van der Waals surface area contributed by atoms with Gasteiger partial charge in [0.05, 0.1) is 19.1 Å². The lowest BCUT2D eigenvalue weighted by Crippen LogP contribution is -2.39. The summed E-state index contributed by atoms with van der Waals surface area (Å²) in [6, 6.07) is 0.527. The van der Waals surface area contributed by atoms with Crippen molar-refractivity contribution < 1.29 is 14.3 Å². The minimum Gasteiger partial charge on any atom is -0.466 e. The average molecular weight is 240 g/mol. The minimum absolute atomic E-state index is 0.0234. The maximum absolute atomic E-state index is 12.0. The van der Waals surface area contributed by atoms with E-state index in [4.69, 9.17) is 4.74 Å². The van der Waals surface area contributed by atoms with Crippen molar-refractivity contribution in [2.75, 3.05) is 19.7 Å². The minimum atomic E-state index is -0.223. The number of carbonyl (C=O) groups excluding carboxylic acids is 2. The van der Waals surface area contributed by atoms with Crippen molar-refractivity contribution in [2.24, 2.45) is 0 Å². The first-order chi connectivity index (χ1) is 8.20. The molecule has 2 rings (SSSR count). The Balaban J connectivity index is 1.71. The summed E-state index contributed by atoms with van der Waals surface area (Å²) in [6.45, 7) is 3.43. The molecule has 0 radical (unpaired) electrons. The summed E-state index contributed by atoms with van der Waals surface area (Å²) in [5.41, 5.74) is 0. The van der Waals surface area contributed by atoms with Crippen molar-refractivity contribution in [3.05, 3.63) is 0 Å². The third kappa shape index (κ3) is 3.43. The van der Waals surface area contributed by atoms with Crippen LogP contribution in [0, 0.1) is 0 Å². The van der Waals surface area contributed by atoms with Gasteiger partial charge in [-0.3, -0.25) is 9.59 Å². The zero-order chi connectivity index (χ0) is 12.3. The van der Waals surface area contributed by atoms with Gasteiger partial charge in [-0.1, -0.05) is 0 Å². The lowest BCUT2D eigenvalue weighted by atomic mass is 10.2. The van der Waals surface area contributed by atoms with Gasteiger partial charge in [-0.15, -0.1) is 0 Å². The maximum atomic E-state index is 12.0. The highest BCUT2D eigenvalue weighted by molar-refractivity contribution is 5.84. The Morgan fingerprint density at radius 3 is 2.88 bits per heavy atom. The summed E-state index contributed by atoms with van der Waals surface area (Å²) in [6.07, 6.45) is 3.53. The molecule has 0 aromatic carbocycles. The molecule has 17 heavy (non-hydrogen) atoms. The SMILES string of the molecule is CCOC(=O)CCN1CCC(NC2CC2)C1=O. The first-order valence-electron chi connectivity index (χ1n) is 6.41. The second-order valence-electron chi connectivity index (χ2n) is 4.66. The molecule has 1 amide bonds. The van der Waals surface area contributed by atoms with Gasteiger partial charge in [0.1, 0.15) is 0 Å². The van der Waals surface area contributed by atoms with Crippen LogP contribution in [0.25, 0.3) is 0 Å². The molecule has 2 aliphatic rings. The topological polar surface area (TPSA) is 58.6 Å². The molecular weight excluding hydrogens is 220 g/mol. The van der Waals surface area contributed by atoms with Gasteiger partial charge in [-0.25, -0.2) is 0 Å². The van der Waals surface area contributed by atoms with Crippen LogP contribution in [0.3, 0.4) is 0 Å². The standard InChI is InChI=1S/C12H20N2O3/c1-2-17-11(15)6-8-14-7-5-10(12(14)16)13-9-3-4-9/h9-10,13H,2-8H2,1H3. The molecular formula is C12H20N2O3. The number of nitrogens with zero attached hydrogens (tertiary/aromatic N) is 1. The van der Waals surface area contributed by atoms with E-state index in [0.717, 1.165) is 13.0 Å². The van der Waals surface area contributed by atoms with Crippen LogP contribution in [-0.4, -0.2) is 48.6 Å². The average Bonchev–Trinajstić information content (AvgIpc) is 3.04. The first kappa shape index (κ1) is 12.4. The predicted molar refractivity (Wildman–Crippen MR) is 62.4 cm³/mol. The second kappa shape index (κ2) is 5.49. The lowest BCUT2D eigenvalue weighted by molar-refractivity contribution is -0.143. The molecule has 0 spiro atoms. The quantitative estimate of drug-likeness (QED) is 0.678. The Labute approximate surface area is 101 Å². The van der Waals surface area contributed by atoms with Gasteiger partial charge >= 0.3 is 5.97 Å². The van der Waals surface area contributed by atoms with Crippen molar-refractivity contribution >= 4 is 11.9 Å². The number of nitrogens with one attached hydrogen (secondary N) is 1. The molecule has 1 aliphatic carbocycles. The summed E-state index contributed by atoms with van der Waals surface area (Å²) < 4.78 is 4.85. The Hall–Kier alpha value is -1.10. The maximum Gasteiger partial charge on any atom is 0.307 e. The number of amides is 1. The Morgan fingerprint density at radius 2 is 2.24 bits per heavy atom. The van der Waals surface area contributed by atoms with Gasteiger partial charge in [0, 0.05) is 19.1 Å². The van der Waals surface area contributed by atoms with E-state index in [1.165, 1.54) is 12.8 Å². The Bertz CT molecular complexity index is 302. The molecule has 2 fully saturated rings. The molecule has 0 aromatic rings. The van der Waals surface area contributed by atoms with Crippen molar-refractivity contribution in [1.29, 1.82) is 0 Å². The number of carbonyl (C=O) groups is 2. The van der Waals surface area contributed by atoms with Gasteiger partial charge in [-0.05, 0) is 26.2 Å². The number of ether oxygens (including phenoxy) is 1. The molecule has 1 N–H and O–H groups in total. The molecule has 1 saturated carbocycles. The molecule has 0 aromatic heterocycles. The van der Waals surface area contributed by atoms with Crippen LogP contribution in [0.15, 0.2) is 0 Å². The highest BCUT2D eigenvalue weighted by atomic mass is 16.5. The van der Waals surface area contributed by atoms with Crippen molar-refractivity contribution in [2.45, 2.75) is 44.7 Å². The van der Waals surface area contributed by atoms with E-state index < -0.39 is 0 Å². The van der Waals surface area contributed by atoms with Crippen molar-refractivity contribution in [3.63, 3.8) is 0 Å². The number of rotatable bonds is 6. The van der Waals surface area contributed by atoms with Crippen LogP contribution in [0.5, 0.6) is 0 Å². The largest absolute Gasteiger partial charge is 0.466 e. The van der Waals surface area contributed by atoms with E-state index in [2.05, 4.69) is 5.32 Å². The van der Waals surface area contributed by atoms with Gasteiger partial charge in [0.15, 0.2) is 0 Å². The van der Waals surface area contributed by atoms with Crippen molar-refractivity contribution in [3.8, 4) is 0 Å². The normalized spacial score (nSPS) is 24.2. The fourth-order valence-corrected chi connectivity index (χ4v) is 2.11.